The van der Waals surface area contributed by atoms with E-state index >= 15 is 0 Å². The fourth-order valence-electron chi connectivity index (χ4n) is 1.88. The maximum atomic E-state index is 13.0. The number of hydrogen-bond acceptors (Lipinski definition) is 3. The molecule has 0 bridgehead atoms. The molecule has 0 amide bonds. The highest BCUT2D eigenvalue weighted by molar-refractivity contribution is 9.10. The van der Waals surface area contributed by atoms with Crippen LogP contribution in [-0.2, 0) is 6.42 Å². The van der Waals surface area contributed by atoms with E-state index in [1.807, 2.05) is 13.0 Å². The van der Waals surface area contributed by atoms with Crippen molar-refractivity contribution in [1.82, 2.24) is 10.3 Å². The minimum Gasteiger partial charge on any atom is -0.310 e. The third-order valence-electron chi connectivity index (χ3n) is 2.88. The summed E-state index contributed by atoms with van der Waals surface area (Å²) >= 11 is 5.09. The molecule has 2 aromatic rings. The van der Waals surface area contributed by atoms with E-state index in [1.54, 1.807) is 11.3 Å². The highest BCUT2D eigenvalue weighted by atomic mass is 79.9. The third-order valence-corrected chi connectivity index (χ3v) is 4.60. The molecule has 0 aliphatic heterocycles. The first-order chi connectivity index (χ1) is 9.06. The van der Waals surface area contributed by atoms with E-state index in [0.29, 0.717) is 0 Å². The molecular weight excluding hydrogens is 327 g/mol. The van der Waals surface area contributed by atoms with Crippen LogP contribution in [-0.4, -0.2) is 11.5 Å². The SMILES string of the molecule is Cc1csc(CCNC(C)c2ccc(F)cc2Br)n1. The van der Waals surface area contributed by atoms with Gasteiger partial charge in [0.25, 0.3) is 0 Å². The molecule has 1 aromatic carbocycles. The van der Waals surface area contributed by atoms with Gasteiger partial charge in [0.1, 0.15) is 5.82 Å². The zero-order valence-electron chi connectivity index (χ0n) is 10.9. The Bertz CT molecular complexity index is 556. The van der Waals surface area contributed by atoms with Crippen molar-refractivity contribution in [2.75, 3.05) is 6.54 Å². The van der Waals surface area contributed by atoms with Crippen LogP contribution in [0.2, 0.25) is 0 Å². The summed E-state index contributed by atoms with van der Waals surface area (Å²) in [6.07, 6.45) is 0.918. The van der Waals surface area contributed by atoms with E-state index in [4.69, 9.17) is 0 Å². The van der Waals surface area contributed by atoms with Gasteiger partial charge in [0, 0.05) is 34.6 Å². The number of nitrogens with one attached hydrogen (secondary N) is 1. The van der Waals surface area contributed by atoms with Crippen LogP contribution in [0.4, 0.5) is 4.39 Å². The fraction of sp³-hybridized carbons (Fsp3) is 0.357. The molecule has 1 N–H and O–H groups in total. The second kappa shape index (κ2) is 6.59. The number of aryl methyl sites for hydroxylation is 1. The van der Waals surface area contributed by atoms with Gasteiger partial charge in [-0.15, -0.1) is 11.3 Å². The van der Waals surface area contributed by atoms with Gasteiger partial charge in [-0.3, -0.25) is 0 Å². The van der Waals surface area contributed by atoms with Crippen molar-refractivity contribution in [1.29, 1.82) is 0 Å². The molecule has 1 aromatic heterocycles. The Hall–Kier alpha value is -0.780. The molecule has 102 valence electrons. The number of benzene rings is 1. The van der Waals surface area contributed by atoms with Crippen molar-refractivity contribution in [2.45, 2.75) is 26.3 Å². The van der Waals surface area contributed by atoms with Crippen molar-refractivity contribution in [3.05, 3.63) is 50.1 Å². The van der Waals surface area contributed by atoms with Crippen molar-refractivity contribution >= 4 is 27.3 Å². The molecule has 1 heterocycles. The molecule has 2 rings (SSSR count). The predicted molar refractivity (Wildman–Crippen MR) is 81.1 cm³/mol. The van der Waals surface area contributed by atoms with Gasteiger partial charge < -0.3 is 5.32 Å². The smallest absolute Gasteiger partial charge is 0.124 e. The molecule has 2 nitrogen and oxygen atoms in total. The summed E-state index contributed by atoms with van der Waals surface area (Å²) in [5, 5.41) is 6.64. The van der Waals surface area contributed by atoms with Gasteiger partial charge in [0.2, 0.25) is 0 Å². The predicted octanol–water partition coefficient (Wildman–Crippen LogP) is 4.25. The minimum atomic E-state index is -0.221. The molecule has 0 radical (unpaired) electrons. The summed E-state index contributed by atoms with van der Waals surface area (Å²) in [4.78, 5) is 4.43. The Kier molecular flexibility index (Phi) is 5.07. The lowest BCUT2D eigenvalue weighted by Crippen LogP contribution is -2.21. The van der Waals surface area contributed by atoms with E-state index in [2.05, 4.69) is 38.5 Å². The Morgan fingerprint density at radius 3 is 2.89 bits per heavy atom. The van der Waals surface area contributed by atoms with E-state index in [-0.39, 0.29) is 11.9 Å². The monoisotopic (exact) mass is 342 g/mol. The van der Waals surface area contributed by atoms with Gasteiger partial charge >= 0.3 is 0 Å². The molecule has 0 aliphatic carbocycles. The second-order valence-corrected chi connectivity index (χ2v) is 6.27. The Labute approximate surface area is 125 Å². The van der Waals surface area contributed by atoms with E-state index in [0.717, 1.165) is 33.7 Å². The first-order valence-corrected chi connectivity index (χ1v) is 7.83. The average molecular weight is 343 g/mol. The van der Waals surface area contributed by atoms with E-state index < -0.39 is 0 Å². The second-order valence-electron chi connectivity index (χ2n) is 4.47. The van der Waals surface area contributed by atoms with Crippen LogP contribution in [0.15, 0.2) is 28.1 Å². The first-order valence-electron chi connectivity index (χ1n) is 6.15. The fourth-order valence-corrected chi connectivity index (χ4v) is 3.35. The number of rotatable bonds is 5. The normalized spacial score (nSPS) is 12.6. The van der Waals surface area contributed by atoms with Crippen molar-refractivity contribution < 1.29 is 4.39 Å². The molecule has 1 unspecified atom stereocenters. The van der Waals surface area contributed by atoms with Crippen molar-refractivity contribution in [3.63, 3.8) is 0 Å². The van der Waals surface area contributed by atoms with Crippen molar-refractivity contribution in [2.24, 2.45) is 0 Å². The minimum absolute atomic E-state index is 0.177. The largest absolute Gasteiger partial charge is 0.310 e. The van der Waals surface area contributed by atoms with E-state index in [1.165, 1.54) is 12.1 Å². The number of hydrogen-bond donors (Lipinski definition) is 1. The molecule has 0 spiro atoms. The topological polar surface area (TPSA) is 24.9 Å². The van der Waals surface area contributed by atoms with Crippen molar-refractivity contribution in [3.8, 4) is 0 Å². The van der Waals surface area contributed by atoms with Gasteiger partial charge in [0.15, 0.2) is 0 Å². The zero-order valence-corrected chi connectivity index (χ0v) is 13.3. The number of halogens is 2. The van der Waals surface area contributed by atoms with Crippen LogP contribution in [0.1, 0.15) is 29.2 Å². The zero-order chi connectivity index (χ0) is 13.8. The number of nitrogens with zero attached hydrogens (tertiary/aromatic N) is 1. The lowest BCUT2D eigenvalue weighted by molar-refractivity contribution is 0.570. The highest BCUT2D eigenvalue weighted by Gasteiger charge is 2.09. The summed E-state index contributed by atoms with van der Waals surface area (Å²) in [5.41, 5.74) is 2.14. The summed E-state index contributed by atoms with van der Waals surface area (Å²) in [6.45, 7) is 4.94. The summed E-state index contributed by atoms with van der Waals surface area (Å²) in [6, 6.07) is 4.97. The molecule has 0 fully saturated rings. The van der Waals surface area contributed by atoms with Crippen LogP contribution in [0.25, 0.3) is 0 Å². The van der Waals surface area contributed by atoms with Crippen LogP contribution >= 0.6 is 27.3 Å². The summed E-state index contributed by atoms with van der Waals surface area (Å²) in [5.74, 6) is -0.221. The van der Waals surface area contributed by atoms with Gasteiger partial charge in [0.05, 0.1) is 5.01 Å². The Morgan fingerprint density at radius 1 is 1.47 bits per heavy atom. The van der Waals surface area contributed by atoms with Crippen LogP contribution < -0.4 is 5.32 Å². The number of thiazole rings is 1. The highest BCUT2D eigenvalue weighted by Crippen LogP contribution is 2.24. The molecule has 19 heavy (non-hydrogen) atoms. The lowest BCUT2D eigenvalue weighted by atomic mass is 10.1. The Morgan fingerprint density at radius 2 is 2.26 bits per heavy atom. The third kappa shape index (κ3) is 4.09. The van der Waals surface area contributed by atoms with Gasteiger partial charge in [-0.05, 0) is 31.5 Å². The van der Waals surface area contributed by atoms with Gasteiger partial charge in [-0.2, -0.15) is 0 Å². The molecule has 1 atom stereocenters. The summed E-state index contributed by atoms with van der Waals surface area (Å²) < 4.78 is 13.8. The standard InChI is InChI=1S/C14H16BrFN2S/c1-9-8-19-14(18-9)5-6-17-10(2)12-4-3-11(16)7-13(12)15/h3-4,7-8,10,17H,5-6H2,1-2H3. The maximum absolute atomic E-state index is 13.0. The van der Waals surface area contributed by atoms with E-state index in [9.17, 15) is 4.39 Å². The van der Waals surface area contributed by atoms with Gasteiger partial charge in [-0.25, -0.2) is 9.37 Å². The molecule has 0 aliphatic rings. The molecule has 0 saturated carbocycles. The average Bonchev–Trinajstić information content (AvgIpc) is 2.75. The Balaban J connectivity index is 1.88. The molecule has 5 heteroatoms. The molecule has 0 saturated heterocycles. The van der Waals surface area contributed by atoms with Crippen LogP contribution in [0.3, 0.4) is 0 Å². The number of aromatic nitrogens is 1. The van der Waals surface area contributed by atoms with Gasteiger partial charge in [-0.1, -0.05) is 22.0 Å². The maximum Gasteiger partial charge on any atom is 0.124 e. The lowest BCUT2D eigenvalue weighted by Gasteiger charge is -2.15. The summed E-state index contributed by atoms with van der Waals surface area (Å²) in [7, 11) is 0. The first kappa shape index (κ1) is 14.6. The molecular formula is C14H16BrFN2S. The van der Waals surface area contributed by atoms with Crippen LogP contribution in [0.5, 0.6) is 0 Å². The quantitative estimate of drug-likeness (QED) is 0.878. The van der Waals surface area contributed by atoms with Crippen LogP contribution in [0, 0.1) is 12.7 Å².